The number of hydrogen-bond acceptors (Lipinski definition) is 4. The number of piperidine rings is 1. The Morgan fingerprint density at radius 3 is 2.61 bits per heavy atom. The highest BCUT2D eigenvalue weighted by atomic mass is 19.4. The van der Waals surface area contributed by atoms with Gasteiger partial charge >= 0.3 is 6.18 Å². The first-order valence-electron chi connectivity index (χ1n) is 12.6. The van der Waals surface area contributed by atoms with Crippen LogP contribution in [-0.4, -0.2) is 41.4 Å². The highest BCUT2D eigenvalue weighted by Gasteiger charge is 2.65. The predicted octanol–water partition coefficient (Wildman–Crippen LogP) is 5.27. The summed E-state index contributed by atoms with van der Waals surface area (Å²) < 4.78 is 53.9. The number of halogens is 3. The summed E-state index contributed by atoms with van der Waals surface area (Å²) in [4.78, 5) is 2.50. The summed E-state index contributed by atoms with van der Waals surface area (Å²) in [5.74, 6) is 1.99. The second kappa shape index (κ2) is 7.28. The van der Waals surface area contributed by atoms with Gasteiger partial charge in [-0.25, -0.2) is 4.68 Å². The fourth-order valence-corrected chi connectivity index (χ4v) is 7.58. The lowest BCUT2D eigenvalue weighted by atomic mass is 9.51. The predicted molar refractivity (Wildman–Crippen MR) is 128 cm³/mol. The molecule has 3 aromatic rings. The van der Waals surface area contributed by atoms with Crippen molar-refractivity contribution in [2.45, 2.75) is 56.3 Å². The molecule has 0 amide bonds. The topological polar surface area (TPSA) is 39.5 Å². The number of likely N-dealkylation sites (N-methyl/N-ethyl adjacent to an activating group) is 1. The van der Waals surface area contributed by atoms with Crippen LogP contribution in [0.3, 0.4) is 0 Å². The van der Waals surface area contributed by atoms with E-state index in [1.165, 1.54) is 28.8 Å². The number of fused-ring (bicyclic) bond motifs is 2. The van der Waals surface area contributed by atoms with Gasteiger partial charge in [0.05, 0.1) is 18.4 Å². The number of ether oxygens (including phenoxy) is 2. The first-order chi connectivity index (χ1) is 17.3. The third-order valence-electron chi connectivity index (χ3n) is 9.16. The number of hydrogen-bond donors (Lipinski definition) is 0. The van der Waals surface area contributed by atoms with Crippen molar-refractivity contribution in [3.63, 3.8) is 0 Å². The van der Waals surface area contributed by atoms with Crippen LogP contribution in [0.25, 0.3) is 5.69 Å². The average molecular weight is 496 g/mol. The van der Waals surface area contributed by atoms with Gasteiger partial charge in [-0.2, -0.15) is 18.3 Å². The number of nitrogens with zero attached hydrogens (tertiary/aromatic N) is 3. The zero-order valence-corrected chi connectivity index (χ0v) is 20.5. The van der Waals surface area contributed by atoms with E-state index in [9.17, 15) is 13.2 Å². The van der Waals surface area contributed by atoms with E-state index in [1.54, 1.807) is 7.11 Å². The molecular formula is C28H28F3N3O2. The second-order valence-corrected chi connectivity index (χ2v) is 10.6. The average Bonchev–Trinajstić information content (AvgIpc) is 3.40. The fraction of sp³-hybridized carbons (Fsp3) is 0.464. The first kappa shape index (κ1) is 22.2. The normalized spacial score (nSPS) is 27.9. The summed E-state index contributed by atoms with van der Waals surface area (Å²) in [5, 5.41) is 5.07. The molecule has 0 N–H and O–H groups in total. The lowest BCUT2D eigenvalue weighted by molar-refractivity contribution is -0.137. The lowest BCUT2D eigenvalue weighted by Crippen LogP contribution is -2.62. The quantitative estimate of drug-likeness (QED) is 0.497. The van der Waals surface area contributed by atoms with Crippen molar-refractivity contribution in [2.75, 3.05) is 20.7 Å². The molecule has 3 heterocycles. The Labute approximate surface area is 207 Å². The molecule has 1 saturated heterocycles. The van der Waals surface area contributed by atoms with Gasteiger partial charge in [0.2, 0.25) is 0 Å². The number of likely N-dealkylation sites (tertiary alicyclic amines) is 1. The summed E-state index contributed by atoms with van der Waals surface area (Å²) in [6.45, 7) is 3.08. The summed E-state index contributed by atoms with van der Waals surface area (Å²) in [7, 11) is 3.90. The second-order valence-electron chi connectivity index (χ2n) is 10.6. The Hall–Kier alpha value is -3.00. The molecule has 4 aliphatic rings. The van der Waals surface area contributed by atoms with E-state index >= 15 is 0 Å². The molecule has 188 valence electrons. The Morgan fingerprint density at radius 1 is 1.14 bits per heavy atom. The van der Waals surface area contributed by atoms with Gasteiger partial charge in [-0.15, -0.1) is 0 Å². The smallest absolute Gasteiger partial charge is 0.416 e. The molecule has 8 heteroatoms. The van der Waals surface area contributed by atoms with Crippen LogP contribution >= 0.6 is 0 Å². The molecule has 5 nitrogen and oxygen atoms in total. The van der Waals surface area contributed by atoms with Crippen LogP contribution in [0, 0.1) is 5.92 Å². The Kier molecular flexibility index (Phi) is 4.49. The van der Waals surface area contributed by atoms with Gasteiger partial charge < -0.3 is 14.4 Å². The monoisotopic (exact) mass is 495 g/mol. The van der Waals surface area contributed by atoms with Crippen molar-refractivity contribution in [2.24, 2.45) is 5.92 Å². The third-order valence-corrected chi connectivity index (χ3v) is 9.16. The largest absolute Gasteiger partial charge is 0.493 e. The molecule has 4 atom stereocenters. The number of alkyl halides is 3. The zero-order chi connectivity index (χ0) is 25.0. The van der Waals surface area contributed by atoms with Crippen LogP contribution < -0.4 is 9.47 Å². The molecule has 0 radical (unpaired) electrons. The number of benzene rings is 2. The van der Waals surface area contributed by atoms with E-state index in [-0.39, 0.29) is 11.5 Å². The van der Waals surface area contributed by atoms with E-state index < -0.39 is 11.7 Å². The minimum Gasteiger partial charge on any atom is -0.493 e. The third kappa shape index (κ3) is 2.68. The van der Waals surface area contributed by atoms with Crippen molar-refractivity contribution < 1.29 is 22.6 Å². The Morgan fingerprint density at radius 2 is 1.92 bits per heavy atom. The Bertz CT molecular complexity index is 1380. The van der Waals surface area contributed by atoms with Crippen molar-refractivity contribution in [3.05, 3.63) is 70.0 Å². The van der Waals surface area contributed by atoms with E-state index in [1.807, 2.05) is 10.7 Å². The molecule has 2 bridgehead atoms. The van der Waals surface area contributed by atoms with E-state index in [4.69, 9.17) is 14.6 Å². The zero-order valence-electron chi connectivity index (χ0n) is 20.5. The summed E-state index contributed by atoms with van der Waals surface area (Å²) in [5.41, 5.74) is 5.64. The molecule has 2 aliphatic heterocycles. The molecule has 1 fully saturated rings. The van der Waals surface area contributed by atoms with Gasteiger partial charge in [-0.05, 0) is 81.1 Å². The van der Waals surface area contributed by atoms with Crippen molar-refractivity contribution in [1.29, 1.82) is 0 Å². The maximum Gasteiger partial charge on any atom is 0.416 e. The highest BCUT2D eigenvalue weighted by molar-refractivity contribution is 5.63. The van der Waals surface area contributed by atoms with Crippen LogP contribution in [0.5, 0.6) is 11.5 Å². The van der Waals surface area contributed by atoms with Gasteiger partial charge in [-0.1, -0.05) is 13.0 Å². The van der Waals surface area contributed by atoms with Crippen LogP contribution in [0.15, 0.2) is 36.4 Å². The van der Waals surface area contributed by atoms with Crippen LogP contribution in [0.2, 0.25) is 0 Å². The molecule has 0 saturated carbocycles. The molecular weight excluding hydrogens is 467 g/mol. The molecule has 36 heavy (non-hydrogen) atoms. The summed E-state index contributed by atoms with van der Waals surface area (Å²) in [6.07, 6.45) is -1.00. The number of rotatable bonds is 3. The summed E-state index contributed by atoms with van der Waals surface area (Å²) >= 11 is 0. The standard InChI is InChI=1S/C28H28F3N3O2/c1-4-20-18-14-19-21-13-15-5-10-22(35-3)25-23(15)27(19,11-12-33(21)2)26(36-25)24(18)32-34(20)17-8-6-16(7-9-17)28(29,30)31/h5-10,19,21,26H,4,11-14H2,1-3H3/t19-,21-,26-,27-/m0/s1. The van der Waals surface area contributed by atoms with Crippen molar-refractivity contribution in [3.8, 4) is 17.2 Å². The first-order valence-corrected chi connectivity index (χ1v) is 12.6. The highest BCUT2D eigenvalue weighted by Crippen LogP contribution is 2.67. The van der Waals surface area contributed by atoms with Gasteiger partial charge in [0.1, 0.15) is 5.69 Å². The number of methoxy groups -OCH3 is 1. The van der Waals surface area contributed by atoms with Crippen LogP contribution in [-0.2, 0) is 30.9 Å². The molecule has 2 aromatic carbocycles. The SMILES string of the molecule is CCc1c2c(nn1-c1ccc(C(F)(F)F)cc1)[C@@H]1Oc3c(OC)ccc4c3[C@@]13CCN(C)[C@@H](C4)[C@@H]3C2. The lowest BCUT2D eigenvalue weighted by Gasteiger charge is -2.57. The summed E-state index contributed by atoms with van der Waals surface area (Å²) in [6, 6.07) is 9.92. The van der Waals surface area contributed by atoms with E-state index in [2.05, 4.69) is 24.9 Å². The minimum atomic E-state index is -4.37. The van der Waals surface area contributed by atoms with Gasteiger partial charge in [0, 0.05) is 28.3 Å². The maximum absolute atomic E-state index is 13.2. The molecule has 7 rings (SSSR count). The molecule has 1 spiro atoms. The Balaban J connectivity index is 1.42. The molecule has 1 aromatic heterocycles. The van der Waals surface area contributed by atoms with Gasteiger partial charge in [0.25, 0.3) is 0 Å². The van der Waals surface area contributed by atoms with Crippen LogP contribution in [0.1, 0.15) is 53.1 Å². The molecule has 0 unspecified atom stereocenters. The molecule has 2 aliphatic carbocycles. The minimum absolute atomic E-state index is 0.161. The number of aromatic nitrogens is 2. The van der Waals surface area contributed by atoms with Crippen LogP contribution in [0.4, 0.5) is 13.2 Å². The van der Waals surface area contributed by atoms with E-state index in [0.717, 1.165) is 67.2 Å². The van der Waals surface area contributed by atoms with Gasteiger partial charge in [-0.3, -0.25) is 0 Å². The van der Waals surface area contributed by atoms with Gasteiger partial charge in [0.15, 0.2) is 17.6 Å². The van der Waals surface area contributed by atoms with Crippen molar-refractivity contribution >= 4 is 0 Å². The fourth-order valence-electron chi connectivity index (χ4n) is 7.58. The van der Waals surface area contributed by atoms with Crippen molar-refractivity contribution in [1.82, 2.24) is 14.7 Å². The maximum atomic E-state index is 13.2. The van der Waals surface area contributed by atoms with E-state index in [0.29, 0.717) is 17.6 Å².